The maximum atomic E-state index is 13.7. The lowest BCUT2D eigenvalue weighted by atomic mass is 10.2. The Labute approximate surface area is 149 Å². The largest absolute Gasteiger partial charge is 0.342 e. The van der Waals surface area contributed by atoms with Gasteiger partial charge in [0.25, 0.3) is 5.89 Å². The van der Waals surface area contributed by atoms with Crippen molar-refractivity contribution in [2.75, 3.05) is 0 Å². The van der Waals surface area contributed by atoms with Crippen LogP contribution in [0.4, 0.5) is 8.78 Å². The molecule has 8 heteroatoms. The maximum Gasteiger partial charge on any atom is 0.257 e. The van der Waals surface area contributed by atoms with Crippen molar-refractivity contribution in [1.29, 1.82) is 0 Å². The Balaban J connectivity index is 1.51. The first-order valence-electron chi connectivity index (χ1n) is 7.50. The second-order valence-corrected chi connectivity index (χ2v) is 6.41. The highest BCUT2D eigenvalue weighted by atomic mass is 79.9. The number of aromatic nitrogens is 4. The molecule has 2 aromatic carbocycles. The Morgan fingerprint density at radius 2 is 1.96 bits per heavy atom. The molecule has 0 aliphatic rings. The molecule has 0 atom stereocenters. The van der Waals surface area contributed by atoms with Crippen LogP contribution in [0.25, 0.3) is 22.5 Å². The zero-order valence-corrected chi connectivity index (χ0v) is 14.3. The Morgan fingerprint density at radius 3 is 2.80 bits per heavy atom. The highest BCUT2D eigenvalue weighted by Crippen LogP contribution is 2.22. The molecule has 0 radical (unpaired) electrons. The summed E-state index contributed by atoms with van der Waals surface area (Å²) in [5, 5.41) is 3.95. The Bertz CT molecular complexity index is 1060. The van der Waals surface area contributed by atoms with E-state index in [0.29, 0.717) is 35.9 Å². The molecule has 0 spiro atoms. The van der Waals surface area contributed by atoms with E-state index in [0.717, 1.165) is 16.1 Å². The number of H-pyrrole nitrogens is 1. The number of rotatable bonds is 4. The number of aromatic amines is 1. The number of fused-ring (bicyclic) bond motifs is 1. The SMILES string of the molecule is Fc1cc(F)c2nc(CCc3noc(-c4cccc(Br)c4)n3)[nH]c2c1. The van der Waals surface area contributed by atoms with Gasteiger partial charge in [-0.25, -0.2) is 13.8 Å². The Hall–Kier alpha value is -2.61. The average Bonchev–Trinajstić information content (AvgIpc) is 3.19. The molecule has 0 aliphatic carbocycles. The molecule has 0 bridgehead atoms. The fraction of sp³-hybridized carbons (Fsp3) is 0.118. The van der Waals surface area contributed by atoms with Gasteiger partial charge in [0, 0.05) is 28.9 Å². The van der Waals surface area contributed by atoms with Gasteiger partial charge in [0.05, 0.1) is 5.52 Å². The van der Waals surface area contributed by atoms with Crippen LogP contribution in [0.5, 0.6) is 0 Å². The molecule has 2 aromatic heterocycles. The van der Waals surface area contributed by atoms with E-state index in [1.807, 2.05) is 24.3 Å². The van der Waals surface area contributed by atoms with Crippen molar-refractivity contribution in [3.05, 3.63) is 64.2 Å². The molecule has 0 saturated heterocycles. The van der Waals surface area contributed by atoms with E-state index < -0.39 is 11.6 Å². The van der Waals surface area contributed by atoms with E-state index in [1.165, 1.54) is 6.07 Å². The maximum absolute atomic E-state index is 13.7. The van der Waals surface area contributed by atoms with Crippen molar-refractivity contribution >= 4 is 27.0 Å². The molecule has 0 amide bonds. The van der Waals surface area contributed by atoms with E-state index in [1.54, 1.807) is 0 Å². The minimum atomic E-state index is -0.686. The number of imidazole rings is 1. The van der Waals surface area contributed by atoms with Crippen LogP contribution in [-0.4, -0.2) is 20.1 Å². The third-order valence-electron chi connectivity index (χ3n) is 3.68. The molecule has 4 rings (SSSR count). The first-order valence-corrected chi connectivity index (χ1v) is 8.30. The lowest BCUT2D eigenvalue weighted by Gasteiger charge is -1.94. The summed E-state index contributed by atoms with van der Waals surface area (Å²) in [6.07, 6.45) is 0.911. The van der Waals surface area contributed by atoms with Gasteiger partial charge in [-0.3, -0.25) is 0 Å². The molecule has 25 heavy (non-hydrogen) atoms. The number of hydrogen-bond acceptors (Lipinski definition) is 4. The van der Waals surface area contributed by atoms with Crippen molar-refractivity contribution < 1.29 is 13.3 Å². The van der Waals surface area contributed by atoms with Crippen LogP contribution >= 0.6 is 15.9 Å². The number of aryl methyl sites for hydroxylation is 2. The second-order valence-electron chi connectivity index (χ2n) is 5.49. The molecule has 0 saturated carbocycles. The fourth-order valence-corrected chi connectivity index (χ4v) is 2.94. The molecule has 5 nitrogen and oxygen atoms in total. The molecule has 1 N–H and O–H groups in total. The van der Waals surface area contributed by atoms with Gasteiger partial charge in [-0.15, -0.1) is 0 Å². The number of nitrogens with zero attached hydrogens (tertiary/aromatic N) is 3. The van der Waals surface area contributed by atoms with Crippen LogP contribution in [0.1, 0.15) is 11.6 Å². The summed E-state index contributed by atoms with van der Waals surface area (Å²) in [6, 6.07) is 9.58. The molecule has 0 unspecified atom stereocenters. The van der Waals surface area contributed by atoms with Crippen molar-refractivity contribution in [2.24, 2.45) is 0 Å². The summed E-state index contributed by atoms with van der Waals surface area (Å²) in [5.74, 6) is 0.149. The van der Waals surface area contributed by atoms with Gasteiger partial charge >= 0.3 is 0 Å². The lowest BCUT2D eigenvalue weighted by Crippen LogP contribution is -1.95. The van der Waals surface area contributed by atoms with Crippen LogP contribution in [0.2, 0.25) is 0 Å². The highest BCUT2D eigenvalue weighted by Gasteiger charge is 2.12. The molecular weight excluding hydrogens is 394 g/mol. The van der Waals surface area contributed by atoms with E-state index in [-0.39, 0.29) is 5.52 Å². The van der Waals surface area contributed by atoms with Gasteiger partial charge in [-0.1, -0.05) is 27.2 Å². The van der Waals surface area contributed by atoms with E-state index in [2.05, 4.69) is 36.0 Å². The quantitative estimate of drug-likeness (QED) is 0.545. The van der Waals surface area contributed by atoms with Gasteiger partial charge in [0.2, 0.25) is 0 Å². The number of hydrogen-bond donors (Lipinski definition) is 1. The standard InChI is InChI=1S/C17H11BrF2N4O/c18-10-3-1-2-9(6-10)17-23-15(24-25-17)5-4-14-21-13-8-11(19)7-12(20)16(13)22-14/h1-3,6-8H,4-5H2,(H,21,22). The fourth-order valence-electron chi connectivity index (χ4n) is 2.54. The van der Waals surface area contributed by atoms with Gasteiger partial charge in [0.15, 0.2) is 11.6 Å². The average molecular weight is 405 g/mol. The minimum Gasteiger partial charge on any atom is -0.342 e. The Kier molecular flexibility index (Phi) is 4.04. The van der Waals surface area contributed by atoms with Crippen LogP contribution in [-0.2, 0) is 12.8 Å². The van der Waals surface area contributed by atoms with Crippen molar-refractivity contribution in [1.82, 2.24) is 20.1 Å². The first kappa shape index (κ1) is 15.9. The summed E-state index contributed by atoms with van der Waals surface area (Å²) in [6.45, 7) is 0. The summed E-state index contributed by atoms with van der Waals surface area (Å²) in [7, 11) is 0. The molecule has 2 heterocycles. The summed E-state index contributed by atoms with van der Waals surface area (Å²) >= 11 is 3.40. The Morgan fingerprint density at radius 1 is 1.08 bits per heavy atom. The van der Waals surface area contributed by atoms with Gasteiger partial charge in [-0.05, 0) is 24.3 Å². The first-order chi connectivity index (χ1) is 12.1. The summed E-state index contributed by atoms with van der Waals surface area (Å²) in [4.78, 5) is 11.4. The zero-order chi connectivity index (χ0) is 17.4. The number of halogens is 3. The van der Waals surface area contributed by atoms with E-state index in [4.69, 9.17) is 4.52 Å². The summed E-state index contributed by atoms with van der Waals surface area (Å²) in [5.41, 5.74) is 1.27. The predicted molar refractivity (Wildman–Crippen MR) is 90.9 cm³/mol. The smallest absolute Gasteiger partial charge is 0.257 e. The number of benzene rings is 2. The van der Waals surface area contributed by atoms with E-state index >= 15 is 0 Å². The van der Waals surface area contributed by atoms with Crippen LogP contribution in [0.15, 0.2) is 45.4 Å². The van der Waals surface area contributed by atoms with E-state index in [9.17, 15) is 8.78 Å². The van der Waals surface area contributed by atoms with Crippen LogP contribution in [0, 0.1) is 11.6 Å². The third kappa shape index (κ3) is 3.30. The number of nitrogens with one attached hydrogen (secondary N) is 1. The van der Waals surface area contributed by atoms with Gasteiger partial charge in [-0.2, -0.15) is 4.98 Å². The van der Waals surface area contributed by atoms with Crippen molar-refractivity contribution in [3.63, 3.8) is 0 Å². The third-order valence-corrected chi connectivity index (χ3v) is 4.17. The normalized spacial score (nSPS) is 11.3. The van der Waals surface area contributed by atoms with Crippen LogP contribution in [0.3, 0.4) is 0 Å². The minimum absolute atomic E-state index is 0.124. The molecule has 126 valence electrons. The summed E-state index contributed by atoms with van der Waals surface area (Å²) < 4.78 is 33.1. The van der Waals surface area contributed by atoms with Gasteiger partial charge in [0.1, 0.15) is 17.2 Å². The molecule has 4 aromatic rings. The van der Waals surface area contributed by atoms with Crippen molar-refractivity contribution in [2.45, 2.75) is 12.8 Å². The molecular formula is C17H11BrF2N4O. The molecule has 0 aliphatic heterocycles. The van der Waals surface area contributed by atoms with Crippen LogP contribution < -0.4 is 0 Å². The topological polar surface area (TPSA) is 67.6 Å². The highest BCUT2D eigenvalue weighted by molar-refractivity contribution is 9.10. The lowest BCUT2D eigenvalue weighted by molar-refractivity contribution is 0.422. The monoisotopic (exact) mass is 404 g/mol. The molecule has 0 fully saturated rings. The van der Waals surface area contributed by atoms with Gasteiger partial charge < -0.3 is 9.51 Å². The zero-order valence-electron chi connectivity index (χ0n) is 12.8. The van der Waals surface area contributed by atoms with Crippen molar-refractivity contribution in [3.8, 4) is 11.5 Å². The second kappa shape index (κ2) is 6.36. The predicted octanol–water partition coefficient (Wildman–Crippen LogP) is 4.44.